The second-order valence-electron chi connectivity index (χ2n) is 9.07. The van der Waals surface area contributed by atoms with Crippen LogP contribution in [0, 0.1) is 23.7 Å². The van der Waals surface area contributed by atoms with Gasteiger partial charge in [-0.05, 0) is 70.2 Å². The lowest BCUT2D eigenvalue weighted by atomic mass is 9.72. The lowest BCUT2D eigenvalue weighted by molar-refractivity contribution is 0.143. The van der Waals surface area contributed by atoms with E-state index >= 15 is 0 Å². The van der Waals surface area contributed by atoms with E-state index < -0.39 is 16.6 Å². The fourth-order valence-electron chi connectivity index (χ4n) is 3.76. The zero-order valence-corrected chi connectivity index (χ0v) is 18.1. The molecule has 4 rings (SSSR count). The van der Waals surface area contributed by atoms with Gasteiger partial charge in [0, 0.05) is 28.8 Å². The summed E-state index contributed by atoms with van der Waals surface area (Å²) in [4.78, 5) is 0. The smallest absolute Gasteiger partial charge is 0.132 e. The van der Waals surface area contributed by atoms with Crippen LogP contribution in [0.15, 0.2) is 48.3 Å². The third-order valence-corrected chi connectivity index (χ3v) is 5.14. The predicted molar refractivity (Wildman–Crippen MR) is 120 cm³/mol. The molecule has 0 aliphatic carbocycles. The maximum atomic E-state index is 9.96. The first-order valence-corrected chi connectivity index (χ1v) is 10.2. The van der Waals surface area contributed by atoms with Crippen molar-refractivity contribution in [3.05, 3.63) is 70.5 Å². The Bertz CT molecular complexity index is 1120. The monoisotopic (exact) mass is 414 g/mol. The molecular formula is C26H26N2O3. The first kappa shape index (κ1) is 20.9. The van der Waals surface area contributed by atoms with Gasteiger partial charge in [-0.2, -0.15) is 0 Å². The first-order chi connectivity index (χ1) is 14.5. The van der Waals surface area contributed by atoms with Gasteiger partial charge in [0.05, 0.1) is 11.2 Å². The van der Waals surface area contributed by atoms with Gasteiger partial charge in [-0.1, -0.05) is 23.7 Å². The molecule has 5 N–H and O–H groups in total. The topological polar surface area (TPSA) is 87.7 Å². The van der Waals surface area contributed by atoms with Crippen molar-refractivity contribution in [3.63, 3.8) is 0 Å². The Morgan fingerprint density at radius 1 is 0.903 bits per heavy atom. The molecule has 2 heterocycles. The lowest BCUT2D eigenvalue weighted by Crippen LogP contribution is -2.34. The van der Waals surface area contributed by atoms with Crippen LogP contribution < -0.4 is 15.8 Å². The van der Waals surface area contributed by atoms with Crippen molar-refractivity contribution in [2.24, 2.45) is 5.73 Å². The van der Waals surface area contributed by atoms with E-state index in [9.17, 15) is 10.2 Å². The molecule has 0 aromatic heterocycles. The van der Waals surface area contributed by atoms with E-state index in [-0.39, 0.29) is 0 Å². The van der Waals surface area contributed by atoms with Crippen LogP contribution in [-0.2, 0) is 5.41 Å². The minimum Gasteiger partial charge on any atom is -0.457 e. The van der Waals surface area contributed by atoms with Crippen LogP contribution in [0.3, 0.4) is 0 Å². The van der Waals surface area contributed by atoms with Crippen LogP contribution in [0.1, 0.15) is 49.9 Å². The lowest BCUT2D eigenvalue weighted by Gasteiger charge is -2.35. The van der Waals surface area contributed by atoms with E-state index in [1.807, 2.05) is 42.5 Å². The van der Waals surface area contributed by atoms with Gasteiger partial charge in [-0.3, -0.25) is 0 Å². The largest absolute Gasteiger partial charge is 0.457 e. The van der Waals surface area contributed by atoms with Gasteiger partial charge in [-0.15, -0.1) is 0 Å². The van der Waals surface area contributed by atoms with Crippen molar-refractivity contribution < 1.29 is 14.9 Å². The first-order valence-electron chi connectivity index (χ1n) is 10.2. The summed E-state index contributed by atoms with van der Waals surface area (Å²) in [5.74, 6) is 13.9. The molecule has 2 aromatic carbocycles. The normalized spacial score (nSPS) is 15.9. The third-order valence-electron chi connectivity index (χ3n) is 5.14. The van der Waals surface area contributed by atoms with Gasteiger partial charge in [0.15, 0.2) is 0 Å². The summed E-state index contributed by atoms with van der Waals surface area (Å²) in [5.41, 5.74) is 6.91. The Labute approximate surface area is 182 Å². The number of fused-ring (bicyclic) bond motifs is 4. The molecule has 2 aliphatic heterocycles. The summed E-state index contributed by atoms with van der Waals surface area (Å²) in [5, 5.41) is 23.2. The molecule has 5 nitrogen and oxygen atoms in total. The highest BCUT2D eigenvalue weighted by molar-refractivity contribution is 5.65. The molecule has 0 radical (unpaired) electrons. The third kappa shape index (κ3) is 4.25. The summed E-state index contributed by atoms with van der Waals surface area (Å²) in [6, 6.07) is 11.5. The molecule has 0 atom stereocenters. The highest BCUT2D eigenvalue weighted by Gasteiger charge is 2.43. The van der Waals surface area contributed by atoms with Gasteiger partial charge in [-0.25, -0.2) is 0 Å². The standard InChI is InChI=1S/C26H26N2O3/c1-24(2,29)11-9-17-5-7-21-19(13-17)26(15-23(27)28-16-26)20-14-18(6-8-22(20)31-21)10-12-25(3,4)30/h5-8,13-15,28-30H,16,27H2,1-4H3. The van der Waals surface area contributed by atoms with Crippen molar-refractivity contribution in [3.8, 4) is 35.2 Å². The second kappa shape index (κ2) is 7.10. The van der Waals surface area contributed by atoms with Crippen molar-refractivity contribution >= 4 is 0 Å². The number of hydrogen-bond acceptors (Lipinski definition) is 5. The zero-order chi connectivity index (χ0) is 22.4. The Balaban J connectivity index is 1.87. The van der Waals surface area contributed by atoms with Gasteiger partial charge in [0.2, 0.25) is 0 Å². The molecule has 0 bridgehead atoms. The fourth-order valence-corrected chi connectivity index (χ4v) is 3.76. The number of aliphatic hydroxyl groups is 2. The average molecular weight is 415 g/mol. The van der Waals surface area contributed by atoms with E-state index in [0.29, 0.717) is 12.4 Å². The molecule has 0 unspecified atom stereocenters. The number of nitrogens with two attached hydrogens (primary N) is 1. The van der Waals surface area contributed by atoms with Crippen molar-refractivity contribution in [1.29, 1.82) is 0 Å². The van der Waals surface area contributed by atoms with Crippen LogP contribution in [-0.4, -0.2) is 28.0 Å². The predicted octanol–water partition coefficient (Wildman–Crippen LogP) is 2.73. The van der Waals surface area contributed by atoms with E-state index in [2.05, 4.69) is 29.0 Å². The second-order valence-corrected chi connectivity index (χ2v) is 9.07. The maximum absolute atomic E-state index is 9.96. The van der Waals surface area contributed by atoms with Gasteiger partial charge in [0.1, 0.15) is 22.7 Å². The number of hydrogen-bond donors (Lipinski definition) is 4. The molecule has 0 saturated carbocycles. The summed E-state index contributed by atoms with van der Waals surface area (Å²) in [6.07, 6.45) is 2.01. The SMILES string of the molecule is CC(C)(O)C#Cc1ccc2c(c1)C1(C=C(N)NC1)c1cc(C#CC(C)(C)O)ccc1O2. The highest BCUT2D eigenvalue weighted by Crippen LogP contribution is 2.50. The van der Waals surface area contributed by atoms with Gasteiger partial charge >= 0.3 is 0 Å². The van der Waals surface area contributed by atoms with E-state index in [4.69, 9.17) is 10.5 Å². The van der Waals surface area contributed by atoms with Crippen LogP contribution >= 0.6 is 0 Å². The zero-order valence-electron chi connectivity index (χ0n) is 18.1. The Morgan fingerprint density at radius 2 is 1.39 bits per heavy atom. The van der Waals surface area contributed by atoms with Crippen LogP contribution in [0.25, 0.3) is 0 Å². The average Bonchev–Trinajstić information content (AvgIpc) is 3.07. The summed E-state index contributed by atoms with van der Waals surface area (Å²) in [6.45, 7) is 7.19. The number of ether oxygens (including phenoxy) is 1. The maximum Gasteiger partial charge on any atom is 0.132 e. The minimum absolute atomic E-state index is 0.536. The molecule has 0 fully saturated rings. The summed E-state index contributed by atoms with van der Waals surface area (Å²) in [7, 11) is 0. The summed E-state index contributed by atoms with van der Waals surface area (Å²) >= 11 is 0. The Hall–Kier alpha value is -3.38. The fraction of sp³-hybridized carbons (Fsp3) is 0.308. The molecule has 5 heteroatoms. The van der Waals surface area contributed by atoms with Crippen LogP contribution in [0.4, 0.5) is 0 Å². The number of rotatable bonds is 0. The number of benzene rings is 2. The van der Waals surface area contributed by atoms with Gasteiger partial charge < -0.3 is 26.0 Å². The molecule has 31 heavy (non-hydrogen) atoms. The highest BCUT2D eigenvalue weighted by atomic mass is 16.5. The molecule has 2 aliphatic rings. The van der Waals surface area contributed by atoms with E-state index in [0.717, 1.165) is 33.8 Å². The quantitative estimate of drug-likeness (QED) is 0.498. The van der Waals surface area contributed by atoms with Crippen molar-refractivity contribution in [1.82, 2.24) is 5.32 Å². The van der Waals surface area contributed by atoms with Crippen molar-refractivity contribution in [2.75, 3.05) is 6.54 Å². The minimum atomic E-state index is -1.08. The van der Waals surface area contributed by atoms with E-state index in [1.54, 1.807) is 27.7 Å². The van der Waals surface area contributed by atoms with Crippen LogP contribution in [0.2, 0.25) is 0 Å². The molecule has 0 amide bonds. The molecule has 0 saturated heterocycles. The van der Waals surface area contributed by atoms with Gasteiger partial charge in [0.25, 0.3) is 0 Å². The Kier molecular flexibility index (Phi) is 4.78. The van der Waals surface area contributed by atoms with Crippen LogP contribution in [0.5, 0.6) is 11.5 Å². The van der Waals surface area contributed by atoms with E-state index in [1.165, 1.54) is 0 Å². The summed E-state index contributed by atoms with van der Waals surface area (Å²) < 4.78 is 6.21. The molecule has 2 aromatic rings. The molecule has 1 spiro atoms. The van der Waals surface area contributed by atoms with Crippen molar-refractivity contribution in [2.45, 2.75) is 44.3 Å². The number of nitrogens with one attached hydrogen (secondary N) is 1. The molecule has 158 valence electrons. The Morgan fingerprint density at radius 3 is 1.77 bits per heavy atom. The molecular weight excluding hydrogens is 388 g/mol.